The first-order chi connectivity index (χ1) is 13.0. The highest BCUT2D eigenvalue weighted by Crippen LogP contribution is 2.26. The summed E-state index contributed by atoms with van der Waals surface area (Å²) < 4.78 is 1.70. The highest BCUT2D eigenvalue weighted by Gasteiger charge is 2.24. The quantitative estimate of drug-likeness (QED) is 0.713. The van der Waals surface area contributed by atoms with Crippen LogP contribution in [0.1, 0.15) is 12.5 Å². The van der Waals surface area contributed by atoms with Crippen LogP contribution < -0.4 is 10.6 Å². The molecular formula is C20H18ClN5O. The third kappa shape index (κ3) is 3.44. The molecule has 1 aromatic heterocycles. The summed E-state index contributed by atoms with van der Waals surface area (Å²) in [5.74, 6) is 1.06. The second-order valence-corrected chi connectivity index (χ2v) is 6.86. The fraction of sp³-hybridized carbons (Fsp3) is 0.150. The van der Waals surface area contributed by atoms with Gasteiger partial charge >= 0.3 is 0 Å². The largest absolute Gasteiger partial charge is 0.328 e. The Morgan fingerprint density at radius 1 is 1.19 bits per heavy atom. The first-order valence-electron chi connectivity index (χ1n) is 8.56. The lowest BCUT2D eigenvalue weighted by molar-refractivity contribution is -0.113. The summed E-state index contributed by atoms with van der Waals surface area (Å²) in [6, 6.07) is 15.2. The lowest BCUT2D eigenvalue weighted by Crippen LogP contribution is -2.26. The number of carbonyl (C=O) groups is 1. The Balaban J connectivity index is 1.58. The van der Waals surface area contributed by atoms with Crippen molar-refractivity contribution >= 4 is 29.1 Å². The van der Waals surface area contributed by atoms with Crippen LogP contribution in [0.25, 0.3) is 11.4 Å². The SMILES string of the molecule is CC1=C(C(=O)Nc2cc(Cl)ccc2C)Cn2nc(-c3ccccc3)nc2N1. The van der Waals surface area contributed by atoms with E-state index in [-0.39, 0.29) is 5.91 Å². The summed E-state index contributed by atoms with van der Waals surface area (Å²) in [4.78, 5) is 17.3. The number of rotatable bonds is 3. The lowest BCUT2D eigenvalue weighted by Gasteiger charge is -2.20. The van der Waals surface area contributed by atoms with Crippen LogP contribution in [0.15, 0.2) is 59.8 Å². The number of halogens is 1. The molecule has 1 aliphatic rings. The van der Waals surface area contributed by atoms with Gasteiger partial charge in [0.15, 0.2) is 5.82 Å². The molecule has 0 fully saturated rings. The van der Waals surface area contributed by atoms with Crippen molar-refractivity contribution in [3.8, 4) is 11.4 Å². The number of benzene rings is 2. The van der Waals surface area contributed by atoms with Gasteiger partial charge in [0.05, 0.1) is 12.1 Å². The van der Waals surface area contributed by atoms with Crippen molar-refractivity contribution in [3.63, 3.8) is 0 Å². The number of aromatic nitrogens is 3. The van der Waals surface area contributed by atoms with Gasteiger partial charge in [-0.15, -0.1) is 5.10 Å². The van der Waals surface area contributed by atoms with Gasteiger partial charge < -0.3 is 10.6 Å². The van der Waals surface area contributed by atoms with E-state index in [4.69, 9.17) is 11.6 Å². The van der Waals surface area contributed by atoms with E-state index in [2.05, 4.69) is 20.7 Å². The van der Waals surface area contributed by atoms with E-state index in [9.17, 15) is 4.79 Å². The molecule has 0 saturated heterocycles. The molecule has 1 amide bonds. The molecule has 6 nitrogen and oxygen atoms in total. The van der Waals surface area contributed by atoms with Crippen LogP contribution >= 0.6 is 11.6 Å². The molecule has 2 heterocycles. The van der Waals surface area contributed by atoms with Crippen LogP contribution in [-0.2, 0) is 11.3 Å². The van der Waals surface area contributed by atoms with Crippen LogP contribution in [0.4, 0.5) is 11.6 Å². The minimum atomic E-state index is -0.187. The molecule has 7 heteroatoms. The molecule has 1 aliphatic heterocycles. The zero-order chi connectivity index (χ0) is 19.0. The minimum absolute atomic E-state index is 0.187. The molecule has 0 radical (unpaired) electrons. The number of allylic oxidation sites excluding steroid dienone is 1. The van der Waals surface area contributed by atoms with Gasteiger partial charge in [0, 0.05) is 22.0 Å². The Labute approximate surface area is 161 Å². The number of fused-ring (bicyclic) bond motifs is 1. The second-order valence-electron chi connectivity index (χ2n) is 6.42. The third-order valence-corrected chi connectivity index (χ3v) is 4.72. The highest BCUT2D eigenvalue weighted by molar-refractivity contribution is 6.31. The molecule has 27 heavy (non-hydrogen) atoms. The van der Waals surface area contributed by atoms with E-state index in [0.717, 1.165) is 16.8 Å². The molecule has 136 valence electrons. The molecule has 0 saturated carbocycles. The summed E-state index contributed by atoms with van der Waals surface area (Å²) in [6.45, 7) is 4.13. The molecule has 3 aromatic rings. The van der Waals surface area contributed by atoms with E-state index in [1.165, 1.54) is 0 Å². The summed E-state index contributed by atoms with van der Waals surface area (Å²) in [6.07, 6.45) is 0. The predicted octanol–water partition coefficient (Wildman–Crippen LogP) is 4.25. The fourth-order valence-electron chi connectivity index (χ4n) is 2.93. The average Bonchev–Trinajstić information content (AvgIpc) is 3.07. The maximum absolute atomic E-state index is 12.8. The summed E-state index contributed by atoms with van der Waals surface area (Å²) in [5.41, 5.74) is 3.93. The number of carbonyl (C=O) groups excluding carboxylic acids is 1. The van der Waals surface area contributed by atoms with Crippen molar-refractivity contribution in [2.75, 3.05) is 10.6 Å². The third-order valence-electron chi connectivity index (χ3n) is 4.49. The van der Waals surface area contributed by atoms with Crippen LogP contribution in [0.2, 0.25) is 5.02 Å². The monoisotopic (exact) mass is 379 g/mol. The van der Waals surface area contributed by atoms with Crippen molar-refractivity contribution in [3.05, 3.63) is 70.4 Å². The van der Waals surface area contributed by atoms with Crippen LogP contribution in [0.5, 0.6) is 0 Å². The van der Waals surface area contributed by atoms with Gasteiger partial charge in [0.25, 0.3) is 5.91 Å². The van der Waals surface area contributed by atoms with E-state index in [1.54, 1.807) is 16.8 Å². The average molecular weight is 380 g/mol. The zero-order valence-electron chi connectivity index (χ0n) is 15.0. The molecule has 2 N–H and O–H groups in total. The van der Waals surface area contributed by atoms with Crippen molar-refractivity contribution in [1.29, 1.82) is 0 Å². The van der Waals surface area contributed by atoms with E-state index in [0.29, 0.717) is 34.6 Å². The molecule has 0 unspecified atom stereocenters. The number of hydrogen-bond donors (Lipinski definition) is 2. The molecule has 4 rings (SSSR count). The van der Waals surface area contributed by atoms with E-state index >= 15 is 0 Å². The van der Waals surface area contributed by atoms with Gasteiger partial charge in [-0.3, -0.25) is 4.79 Å². The Hall–Kier alpha value is -3.12. The van der Waals surface area contributed by atoms with Gasteiger partial charge in [-0.2, -0.15) is 4.98 Å². The second kappa shape index (κ2) is 6.89. The number of aryl methyl sites for hydroxylation is 1. The number of nitrogens with zero attached hydrogens (tertiary/aromatic N) is 3. The first-order valence-corrected chi connectivity index (χ1v) is 8.93. The van der Waals surface area contributed by atoms with Gasteiger partial charge in [0.2, 0.25) is 5.95 Å². The van der Waals surface area contributed by atoms with Gasteiger partial charge in [-0.1, -0.05) is 48.0 Å². The van der Waals surface area contributed by atoms with Crippen LogP contribution in [0, 0.1) is 6.92 Å². The maximum atomic E-state index is 12.8. The fourth-order valence-corrected chi connectivity index (χ4v) is 3.11. The Morgan fingerprint density at radius 2 is 1.96 bits per heavy atom. The predicted molar refractivity (Wildman–Crippen MR) is 107 cm³/mol. The Kier molecular flexibility index (Phi) is 4.41. The number of nitrogens with one attached hydrogen (secondary N) is 2. The van der Waals surface area contributed by atoms with Gasteiger partial charge in [0.1, 0.15) is 0 Å². The number of anilines is 2. The summed E-state index contributed by atoms with van der Waals surface area (Å²) in [7, 11) is 0. The number of hydrogen-bond acceptors (Lipinski definition) is 4. The smallest absolute Gasteiger partial charge is 0.255 e. The van der Waals surface area contributed by atoms with Crippen molar-refractivity contribution in [1.82, 2.24) is 14.8 Å². The standard InChI is InChI=1S/C20H18ClN5O/c1-12-8-9-15(21)10-17(12)23-19(27)16-11-26-20(22-13(16)2)24-18(25-26)14-6-4-3-5-7-14/h3-10H,11H2,1-2H3,(H,23,27)(H,22,24,25). The van der Waals surface area contributed by atoms with E-state index in [1.807, 2.05) is 50.2 Å². The number of amides is 1. The molecule has 0 atom stereocenters. The van der Waals surface area contributed by atoms with Crippen LogP contribution in [0.3, 0.4) is 0 Å². The van der Waals surface area contributed by atoms with Crippen LogP contribution in [-0.4, -0.2) is 20.7 Å². The maximum Gasteiger partial charge on any atom is 0.255 e. The molecule has 0 spiro atoms. The lowest BCUT2D eigenvalue weighted by atomic mass is 10.1. The molecule has 0 bridgehead atoms. The Bertz CT molecular complexity index is 1060. The molecule has 2 aromatic carbocycles. The van der Waals surface area contributed by atoms with Crippen molar-refractivity contribution in [2.24, 2.45) is 0 Å². The highest BCUT2D eigenvalue weighted by atomic mass is 35.5. The van der Waals surface area contributed by atoms with Gasteiger partial charge in [-0.25, -0.2) is 4.68 Å². The zero-order valence-corrected chi connectivity index (χ0v) is 15.7. The summed E-state index contributed by atoms with van der Waals surface area (Å²) >= 11 is 6.04. The Morgan fingerprint density at radius 3 is 2.74 bits per heavy atom. The minimum Gasteiger partial charge on any atom is -0.328 e. The van der Waals surface area contributed by atoms with Gasteiger partial charge in [-0.05, 0) is 31.5 Å². The first kappa shape index (κ1) is 17.3. The van der Waals surface area contributed by atoms with Crippen molar-refractivity contribution < 1.29 is 4.79 Å². The molecular weight excluding hydrogens is 362 g/mol. The van der Waals surface area contributed by atoms with Crippen molar-refractivity contribution in [2.45, 2.75) is 20.4 Å². The summed E-state index contributed by atoms with van der Waals surface area (Å²) in [5, 5.41) is 11.2. The normalized spacial score (nSPS) is 13.1. The van der Waals surface area contributed by atoms with E-state index < -0.39 is 0 Å². The molecule has 0 aliphatic carbocycles. The topological polar surface area (TPSA) is 71.8 Å².